The van der Waals surface area contributed by atoms with Crippen LogP contribution in [0.2, 0.25) is 5.02 Å². The van der Waals surface area contributed by atoms with Crippen LogP contribution in [-0.4, -0.2) is 16.1 Å². The van der Waals surface area contributed by atoms with Gasteiger partial charge in [0.1, 0.15) is 5.02 Å². The van der Waals surface area contributed by atoms with Gasteiger partial charge in [-0.3, -0.25) is 10.1 Å². The van der Waals surface area contributed by atoms with Crippen molar-refractivity contribution >= 4 is 17.3 Å². The third kappa shape index (κ3) is 3.78. The number of hydrogen-bond acceptors (Lipinski definition) is 4. The second kappa shape index (κ2) is 6.67. The van der Waals surface area contributed by atoms with Gasteiger partial charge in [0.15, 0.2) is 0 Å². The van der Waals surface area contributed by atoms with E-state index in [1.165, 1.54) is 12.1 Å². The van der Waals surface area contributed by atoms with Gasteiger partial charge in [0.2, 0.25) is 0 Å². The highest BCUT2D eigenvalue weighted by atomic mass is 35.5. The van der Waals surface area contributed by atoms with Crippen molar-refractivity contribution in [2.45, 2.75) is 18.6 Å². The number of benzene rings is 2. The Morgan fingerprint density at radius 3 is 2.52 bits per heavy atom. The topological polar surface area (TPSA) is 89.4 Å². The lowest BCUT2D eigenvalue weighted by atomic mass is 9.96. The summed E-state index contributed by atoms with van der Waals surface area (Å²) in [5.74, 6) is 0. The molecule has 5 nitrogen and oxygen atoms in total. The van der Waals surface area contributed by atoms with Gasteiger partial charge in [-0.25, -0.2) is 0 Å². The fourth-order valence-corrected chi connectivity index (χ4v) is 2.27. The number of nitro benzene ring substituents is 1. The van der Waals surface area contributed by atoms with E-state index in [9.17, 15) is 15.2 Å². The zero-order chi connectivity index (χ0) is 15.4. The largest absolute Gasteiger partial charge is 0.391 e. The van der Waals surface area contributed by atoms with Crippen LogP contribution in [0, 0.1) is 10.1 Å². The Balaban J connectivity index is 2.17. The quantitative estimate of drug-likeness (QED) is 0.656. The first-order valence-corrected chi connectivity index (χ1v) is 6.78. The molecule has 0 saturated carbocycles. The minimum atomic E-state index is -0.840. The summed E-state index contributed by atoms with van der Waals surface area (Å²) in [5, 5.41) is 21.1. The molecule has 21 heavy (non-hydrogen) atoms. The van der Waals surface area contributed by atoms with Crippen LogP contribution in [0.25, 0.3) is 0 Å². The fourth-order valence-electron chi connectivity index (χ4n) is 2.08. The van der Waals surface area contributed by atoms with E-state index in [4.69, 9.17) is 17.3 Å². The maximum absolute atomic E-state index is 10.9. The molecule has 3 N–H and O–H groups in total. The highest BCUT2D eigenvalue weighted by Crippen LogP contribution is 2.28. The molecule has 2 aromatic carbocycles. The molecule has 0 bridgehead atoms. The van der Waals surface area contributed by atoms with Crippen LogP contribution in [0.5, 0.6) is 0 Å². The summed E-state index contributed by atoms with van der Waals surface area (Å²) in [4.78, 5) is 10.3. The van der Waals surface area contributed by atoms with Gasteiger partial charge >= 0.3 is 0 Å². The molecule has 2 atom stereocenters. The lowest BCUT2D eigenvalue weighted by molar-refractivity contribution is -0.384. The van der Waals surface area contributed by atoms with Crippen LogP contribution in [0.4, 0.5) is 5.69 Å². The molecular weight excluding hydrogens is 292 g/mol. The van der Waals surface area contributed by atoms with Crippen LogP contribution in [-0.2, 0) is 6.42 Å². The average Bonchev–Trinajstić information content (AvgIpc) is 2.47. The van der Waals surface area contributed by atoms with Crippen molar-refractivity contribution in [2.75, 3.05) is 0 Å². The van der Waals surface area contributed by atoms with Crippen molar-refractivity contribution < 1.29 is 10.0 Å². The standard InChI is InChI=1S/C15H15ClN2O3/c16-12-7-6-11(9-13(12)18(20)21)15(17)14(19)8-10-4-2-1-3-5-10/h1-7,9,14-15,19H,8,17H2/t14-,15+/m1/s1. The van der Waals surface area contributed by atoms with Gasteiger partial charge in [-0.15, -0.1) is 0 Å². The van der Waals surface area contributed by atoms with E-state index >= 15 is 0 Å². The van der Waals surface area contributed by atoms with Crippen molar-refractivity contribution in [1.82, 2.24) is 0 Å². The third-order valence-corrected chi connectivity index (χ3v) is 3.57. The summed E-state index contributed by atoms with van der Waals surface area (Å²) in [6.45, 7) is 0. The Bertz CT molecular complexity index is 634. The first kappa shape index (κ1) is 15.4. The zero-order valence-electron chi connectivity index (χ0n) is 11.1. The molecule has 0 spiro atoms. The Morgan fingerprint density at radius 2 is 1.90 bits per heavy atom. The molecule has 0 amide bonds. The molecule has 2 aromatic rings. The lowest BCUT2D eigenvalue weighted by Gasteiger charge is -2.19. The molecular formula is C15H15ClN2O3. The Morgan fingerprint density at radius 1 is 1.24 bits per heavy atom. The summed E-state index contributed by atoms with van der Waals surface area (Å²) in [6, 6.07) is 13.0. The van der Waals surface area contributed by atoms with Gasteiger partial charge in [-0.2, -0.15) is 0 Å². The van der Waals surface area contributed by atoms with E-state index in [0.29, 0.717) is 12.0 Å². The summed E-state index contributed by atoms with van der Waals surface area (Å²) >= 11 is 5.76. The number of aliphatic hydroxyl groups is 1. The normalized spacial score (nSPS) is 13.7. The number of nitrogens with zero attached hydrogens (tertiary/aromatic N) is 1. The van der Waals surface area contributed by atoms with Crippen molar-refractivity contribution in [3.05, 3.63) is 74.8 Å². The summed E-state index contributed by atoms with van der Waals surface area (Å²) in [5.41, 5.74) is 7.21. The fraction of sp³-hybridized carbons (Fsp3) is 0.200. The monoisotopic (exact) mass is 306 g/mol. The predicted octanol–water partition coefficient (Wildman–Crippen LogP) is 2.85. The molecule has 0 heterocycles. The van der Waals surface area contributed by atoms with E-state index in [1.54, 1.807) is 6.07 Å². The van der Waals surface area contributed by atoms with Crippen molar-refractivity contribution in [2.24, 2.45) is 5.73 Å². The predicted molar refractivity (Wildman–Crippen MR) is 81.2 cm³/mol. The number of rotatable bonds is 5. The lowest BCUT2D eigenvalue weighted by Crippen LogP contribution is -2.28. The molecule has 0 saturated heterocycles. The van der Waals surface area contributed by atoms with Gasteiger partial charge < -0.3 is 10.8 Å². The van der Waals surface area contributed by atoms with Crippen molar-refractivity contribution in [3.63, 3.8) is 0 Å². The molecule has 2 rings (SSSR count). The van der Waals surface area contributed by atoms with Gasteiger partial charge in [-0.05, 0) is 17.2 Å². The van der Waals surface area contributed by atoms with Crippen LogP contribution < -0.4 is 5.73 Å². The Kier molecular flexibility index (Phi) is 4.90. The van der Waals surface area contributed by atoms with Crippen LogP contribution in [0.1, 0.15) is 17.2 Å². The second-order valence-electron chi connectivity index (χ2n) is 4.75. The number of nitrogens with two attached hydrogens (primary N) is 1. The first-order chi connectivity index (χ1) is 9.99. The Labute approximate surface area is 127 Å². The van der Waals surface area contributed by atoms with Crippen LogP contribution in [0.15, 0.2) is 48.5 Å². The minimum absolute atomic E-state index is 0.0495. The van der Waals surface area contributed by atoms with E-state index in [-0.39, 0.29) is 10.7 Å². The molecule has 0 aliphatic heterocycles. The van der Waals surface area contributed by atoms with Crippen molar-refractivity contribution in [3.8, 4) is 0 Å². The van der Waals surface area contributed by atoms with Gasteiger partial charge in [0.25, 0.3) is 5.69 Å². The van der Waals surface area contributed by atoms with E-state index in [2.05, 4.69) is 0 Å². The van der Waals surface area contributed by atoms with E-state index in [1.807, 2.05) is 30.3 Å². The summed E-state index contributed by atoms with van der Waals surface area (Å²) < 4.78 is 0. The van der Waals surface area contributed by atoms with Crippen molar-refractivity contribution in [1.29, 1.82) is 0 Å². The third-order valence-electron chi connectivity index (χ3n) is 3.25. The van der Waals surface area contributed by atoms with E-state index < -0.39 is 17.1 Å². The van der Waals surface area contributed by atoms with E-state index in [0.717, 1.165) is 5.56 Å². The number of hydrogen-bond donors (Lipinski definition) is 2. The molecule has 0 aliphatic carbocycles. The molecule has 0 aromatic heterocycles. The molecule has 6 heteroatoms. The average molecular weight is 307 g/mol. The zero-order valence-corrected chi connectivity index (χ0v) is 11.9. The molecule has 0 aliphatic rings. The first-order valence-electron chi connectivity index (χ1n) is 6.40. The van der Waals surface area contributed by atoms with Gasteiger partial charge in [0, 0.05) is 12.5 Å². The maximum atomic E-state index is 10.9. The van der Waals surface area contributed by atoms with Gasteiger partial charge in [0.05, 0.1) is 17.1 Å². The molecule has 0 radical (unpaired) electrons. The number of aliphatic hydroxyl groups excluding tert-OH is 1. The molecule has 110 valence electrons. The SMILES string of the molecule is N[C@@H](c1ccc(Cl)c([N+](=O)[O-])c1)[C@H](O)Cc1ccccc1. The van der Waals surface area contributed by atoms with Crippen LogP contribution >= 0.6 is 11.6 Å². The Hall–Kier alpha value is -1.95. The maximum Gasteiger partial charge on any atom is 0.288 e. The minimum Gasteiger partial charge on any atom is -0.391 e. The second-order valence-corrected chi connectivity index (χ2v) is 5.16. The molecule has 0 unspecified atom stereocenters. The highest BCUT2D eigenvalue weighted by Gasteiger charge is 2.21. The van der Waals surface area contributed by atoms with Gasteiger partial charge in [-0.1, -0.05) is 48.0 Å². The summed E-state index contributed by atoms with van der Waals surface area (Å²) in [6.07, 6.45) is -0.466. The summed E-state index contributed by atoms with van der Waals surface area (Å²) in [7, 11) is 0. The number of nitro groups is 1. The van der Waals surface area contributed by atoms with Crippen LogP contribution in [0.3, 0.4) is 0 Å². The highest BCUT2D eigenvalue weighted by molar-refractivity contribution is 6.32. The number of halogens is 1. The molecule has 0 fully saturated rings. The smallest absolute Gasteiger partial charge is 0.288 e.